The molecule has 0 spiro atoms. The molecule has 1 N–H and O–H groups in total. The third kappa shape index (κ3) is 3.05. The molecular weight excluding hydrogens is 280 g/mol. The molecule has 0 aliphatic carbocycles. The summed E-state index contributed by atoms with van der Waals surface area (Å²) >= 11 is 5.98. The average molecular weight is 293 g/mol. The maximum atomic E-state index is 11.5. The molecule has 1 aromatic carbocycles. The largest absolute Gasteiger partial charge is 0.496 e. The first-order valence-electron chi connectivity index (χ1n) is 5.93. The summed E-state index contributed by atoms with van der Waals surface area (Å²) in [6.45, 7) is 0. The smallest absolute Gasteiger partial charge is 0.312 e. The third-order valence-electron chi connectivity index (χ3n) is 2.94. The summed E-state index contributed by atoms with van der Waals surface area (Å²) < 4.78 is 5.23. The van der Waals surface area contributed by atoms with Gasteiger partial charge in [0.15, 0.2) is 0 Å². The van der Waals surface area contributed by atoms with E-state index in [-0.39, 0.29) is 11.4 Å². The maximum absolute atomic E-state index is 11.5. The molecule has 20 heavy (non-hydrogen) atoms. The minimum Gasteiger partial charge on any atom is -0.496 e. The van der Waals surface area contributed by atoms with Crippen LogP contribution in [-0.4, -0.2) is 28.2 Å². The van der Waals surface area contributed by atoms with Crippen LogP contribution in [-0.2, 0) is 11.2 Å². The van der Waals surface area contributed by atoms with E-state index in [1.807, 2.05) is 18.2 Å². The van der Waals surface area contributed by atoms with Crippen molar-refractivity contribution in [2.24, 2.45) is 0 Å². The summed E-state index contributed by atoms with van der Waals surface area (Å²) in [4.78, 5) is 19.2. The van der Waals surface area contributed by atoms with E-state index in [1.165, 1.54) is 12.5 Å². The number of rotatable bonds is 5. The van der Waals surface area contributed by atoms with Gasteiger partial charge in [-0.05, 0) is 18.1 Å². The normalized spacial score (nSPS) is 11.9. The van der Waals surface area contributed by atoms with Gasteiger partial charge in [-0.1, -0.05) is 29.8 Å². The van der Waals surface area contributed by atoms with E-state index in [4.69, 9.17) is 16.3 Å². The molecule has 5 nitrogen and oxygen atoms in total. The molecule has 1 heterocycles. The summed E-state index contributed by atoms with van der Waals surface area (Å²) in [5.74, 6) is -1.19. The van der Waals surface area contributed by atoms with Crippen molar-refractivity contribution in [3.05, 3.63) is 53.1 Å². The van der Waals surface area contributed by atoms with Gasteiger partial charge in [0.25, 0.3) is 0 Å². The Labute approximate surface area is 121 Å². The van der Waals surface area contributed by atoms with E-state index in [9.17, 15) is 9.90 Å². The highest BCUT2D eigenvalue weighted by molar-refractivity contribution is 6.31. The summed E-state index contributed by atoms with van der Waals surface area (Å²) in [6, 6.07) is 7.27. The van der Waals surface area contributed by atoms with Crippen LogP contribution in [0.5, 0.6) is 5.75 Å². The van der Waals surface area contributed by atoms with Crippen molar-refractivity contribution in [3.8, 4) is 5.75 Å². The van der Waals surface area contributed by atoms with Crippen molar-refractivity contribution in [3.63, 3.8) is 0 Å². The Bertz CT molecular complexity index is 619. The van der Waals surface area contributed by atoms with Crippen LogP contribution in [0.2, 0.25) is 5.02 Å². The van der Waals surface area contributed by atoms with E-state index in [0.29, 0.717) is 11.4 Å². The SMILES string of the molecule is COc1ccccc1CC(C(=O)O)c1ncncc1Cl. The molecule has 0 aliphatic heterocycles. The van der Waals surface area contributed by atoms with Gasteiger partial charge in [0.2, 0.25) is 0 Å². The number of carbonyl (C=O) groups is 1. The number of aliphatic carboxylic acids is 1. The van der Waals surface area contributed by atoms with E-state index < -0.39 is 11.9 Å². The number of methoxy groups -OCH3 is 1. The molecule has 104 valence electrons. The van der Waals surface area contributed by atoms with Crippen LogP contribution in [0.3, 0.4) is 0 Å². The zero-order valence-corrected chi connectivity index (χ0v) is 11.5. The van der Waals surface area contributed by atoms with Crippen LogP contribution in [0.1, 0.15) is 17.2 Å². The minimum absolute atomic E-state index is 0.245. The second-order valence-electron chi connectivity index (χ2n) is 4.16. The van der Waals surface area contributed by atoms with E-state index in [2.05, 4.69) is 9.97 Å². The molecule has 2 aromatic rings. The Hall–Kier alpha value is -2.14. The lowest BCUT2D eigenvalue weighted by atomic mass is 9.95. The zero-order valence-electron chi connectivity index (χ0n) is 10.8. The molecule has 0 aliphatic rings. The van der Waals surface area contributed by atoms with Gasteiger partial charge >= 0.3 is 5.97 Å². The lowest BCUT2D eigenvalue weighted by molar-refractivity contribution is -0.138. The van der Waals surface area contributed by atoms with Crippen molar-refractivity contribution in [2.45, 2.75) is 12.3 Å². The summed E-state index contributed by atoms with van der Waals surface area (Å²) in [5, 5.41) is 9.66. The molecule has 0 amide bonds. The molecule has 0 bridgehead atoms. The van der Waals surface area contributed by atoms with Crippen LogP contribution < -0.4 is 4.74 Å². The van der Waals surface area contributed by atoms with Crippen molar-refractivity contribution in [1.82, 2.24) is 9.97 Å². The number of carboxylic acid groups (broad SMARTS) is 1. The Kier molecular flexibility index (Phi) is 4.53. The van der Waals surface area contributed by atoms with Gasteiger partial charge in [-0.25, -0.2) is 9.97 Å². The zero-order chi connectivity index (χ0) is 14.5. The number of hydrogen-bond acceptors (Lipinski definition) is 4. The number of hydrogen-bond donors (Lipinski definition) is 1. The number of benzene rings is 1. The highest BCUT2D eigenvalue weighted by atomic mass is 35.5. The Morgan fingerprint density at radius 3 is 2.85 bits per heavy atom. The van der Waals surface area contributed by atoms with Crippen LogP contribution in [0.15, 0.2) is 36.8 Å². The molecule has 1 aromatic heterocycles. The second-order valence-corrected chi connectivity index (χ2v) is 4.57. The lowest BCUT2D eigenvalue weighted by Crippen LogP contribution is -2.17. The second kappa shape index (κ2) is 6.34. The van der Waals surface area contributed by atoms with Crippen molar-refractivity contribution in [2.75, 3.05) is 7.11 Å². The Morgan fingerprint density at radius 1 is 1.45 bits per heavy atom. The van der Waals surface area contributed by atoms with E-state index in [1.54, 1.807) is 13.2 Å². The van der Waals surface area contributed by atoms with Gasteiger partial charge in [-0.3, -0.25) is 4.79 Å². The van der Waals surface area contributed by atoms with Crippen LogP contribution in [0.4, 0.5) is 0 Å². The third-order valence-corrected chi connectivity index (χ3v) is 3.23. The predicted molar refractivity (Wildman–Crippen MR) is 74.1 cm³/mol. The standard InChI is InChI=1S/C14H13ClN2O3/c1-20-12-5-3-2-4-9(12)6-10(14(18)19)13-11(15)7-16-8-17-13/h2-5,7-8,10H,6H2,1H3,(H,18,19). The van der Waals surface area contributed by atoms with Gasteiger partial charge in [0.05, 0.1) is 17.8 Å². The molecule has 1 unspecified atom stereocenters. The minimum atomic E-state index is -0.989. The number of ether oxygens (including phenoxy) is 1. The van der Waals surface area contributed by atoms with Gasteiger partial charge in [-0.15, -0.1) is 0 Å². The van der Waals surface area contributed by atoms with Crippen molar-refractivity contribution >= 4 is 17.6 Å². The number of para-hydroxylation sites is 1. The first kappa shape index (κ1) is 14.3. The molecular formula is C14H13ClN2O3. The highest BCUT2D eigenvalue weighted by Gasteiger charge is 2.25. The first-order valence-corrected chi connectivity index (χ1v) is 6.31. The molecule has 0 saturated carbocycles. The number of aromatic nitrogens is 2. The van der Waals surface area contributed by atoms with Crippen LogP contribution >= 0.6 is 11.6 Å². The van der Waals surface area contributed by atoms with Crippen molar-refractivity contribution in [1.29, 1.82) is 0 Å². The van der Waals surface area contributed by atoms with Crippen LogP contribution in [0.25, 0.3) is 0 Å². The summed E-state index contributed by atoms with van der Waals surface area (Å²) in [6.07, 6.45) is 2.93. The maximum Gasteiger partial charge on any atom is 0.312 e. The molecule has 1 atom stereocenters. The Balaban J connectivity index is 2.36. The molecule has 2 rings (SSSR count). The van der Waals surface area contributed by atoms with Gasteiger partial charge < -0.3 is 9.84 Å². The van der Waals surface area contributed by atoms with E-state index >= 15 is 0 Å². The van der Waals surface area contributed by atoms with Gasteiger partial charge in [0, 0.05) is 6.20 Å². The monoisotopic (exact) mass is 292 g/mol. The van der Waals surface area contributed by atoms with Gasteiger partial charge in [-0.2, -0.15) is 0 Å². The number of nitrogens with zero attached hydrogens (tertiary/aromatic N) is 2. The van der Waals surface area contributed by atoms with Crippen LogP contribution in [0, 0.1) is 0 Å². The molecule has 0 radical (unpaired) electrons. The van der Waals surface area contributed by atoms with Gasteiger partial charge in [0.1, 0.15) is 18.0 Å². The topological polar surface area (TPSA) is 72.3 Å². The molecule has 0 saturated heterocycles. The van der Waals surface area contributed by atoms with E-state index in [0.717, 1.165) is 5.56 Å². The fourth-order valence-corrected chi connectivity index (χ4v) is 2.21. The quantitative estimate of drug-likeness (QED) is 0.917. The number of carboxylic acids is 1. The Morgan fingerprint density at radius 2 is 2.20 bits per heavy atom. The fraction of sp³-hybridized carbons (Fsp3) is 0.214. The summed E-state index contributed by atoms with van der Waals surface area (Å²) in [5.41, 5.74) is 1.09. The average Bonchev–Trinajstić information content (AvgIpc) is 2.46. The molecule has 6 heteroatoms. The lowest BCUT2D eigenvalue weighted by Gasteiger charge is -2.15. The first-order chi connectivity index (χ1) is 9.63. The molecule has 0 fully saturated rings. The number of halogens is 1. The highest BCUT2D eigenvalue weighted by Crippen LogP contribution is 2.28. The van der Waals surface area contributed by atoms with Crippen molar-refractivity contribution < 1.29 is 14.6 Å². The summed E-state index contributed by atoms with van der Waals surface area (Å²) in [7, 11) is 1.55. The fourth-order valence-electron chi connectivity index (χ4n) is 1.97. The predicted octanol–water partition coefficient (Wildman–Crippen LogP) is 2.55.